The van der Waals surface area contributed by atoms with Crippen LogP contribution >= 0.6 is 23.1 Å². The minimum atomic E-state index is -1.10. The molecule has 5 rings (SSSR count). The van der Waals surface area contributed by atoms with E-state index in [0.29, 0.717) is 23.1 Å². The van der Waals surface area contributed by atoms with Gasteiger partial charge in [-0.3, -0.25) is 19.3 Å². The van der Waals surface area contributed by atoms with Gasteiger partial charge in [-0.05, 0) is 37.5 Å². The van der Waals surface area contributed by atoms with Gasteiger partial charge in [0, 0.05) is 11.1 Å². The Balaban J connectivity index is 1.34. The van der Waals surface area contributed by atoms with Crippen molar-refractivity contribution in [2.45, 2.75) is 43.9 Å². The van der Waals surface area contributed by atoms with Gasteiger partial charge >= 0.3 is 11.9 Å². The molecule has 3 heterocycles. The van der Waals surface area contributed by atoms with E-state index < -0.39 is 60.1 Å². The number of hydrogen-bond acceptors (Lipinski definition) is 13. The first-order valence-corrected chi connectivity index (χ1v) is 16.9. The average Bonchev–Trinajstić information content (AvgIpc) is 3.55. The number of esters is 2. The number of carbonyl (C=O) groups is 5. The van der Waals surface area contributed by atoms with Crippen LogP contribution in [0.15, 0.2) is 82.5 Å². The molecule has 0 radical (unpaired) electrons. The van der Waals surface area contributed by atoms with Crippen molar-refractivity contribution in [2.24, 2.45) is 5.16 Å². The first-order chi connectivity index (χ1) is 23.5. The van der Waals surface area contributed by atoms with Crippen molar-refractivity contribution < 1.29 is 43.4 Å². The number of hydrogen-bond donors (Lipinski definition) is 3. The van der Waals surface area contributed by atoms with Crippen LogP contribution in [0.2, 0.25) is 0 Å². The van der Waals surface area contributed by atoms with Crippen LogP contribution in [0.25, 0.3) is 0 Å². The lowest BCUT2D eigenvalue weighted by atomic mass is 10.0. The monoisotopic (exact) mass is 707 g/mol. The average molecular weight is 708 g/mol. The number of carbonyl (C=O) groups excluding carboxylic acids is 5. The first-order valence-electron chi connectivity index (χ1n) is 15.0. The smallest absolute Gasteiger partial charge is 0.356 e. The number of thioether (sulfide) groups is 1. The predicted octanol–water partition coefficient (Wildman–Crippen LogP) is 2.75. The highest BCUT2D eigenvalue weighted by atomic mass is 32.2. The molecule has 3 aromatic rings. The SMILES string of the molecule is CC(C)(C)OC(=O)CO/N=C(\C(=O)NC1C(=O)N2C(C(=O)OC(c3ccccc3)c3ccccc3)=C(CO)CS[C@H]12)c1csc(NC=O)n1. The van der Waals surface area contributed by atoms with E-state index >= 15 is 0 Å². The highest BCUT2D eigenvalue weighted by Gasteiger charge is 2.55. The lowest BCUT2D eigenvalue weighted by molar-refractivity contribution is -0.160. The molecule has 3 amide bonds. The van der Waals surface area contributed by atoms with Crippen molar-refractivity contribution in [3.63, 3.8) is 0 Å². The van der Waals surface area contributed by atoms with Crippen molar-refractivity contribution in [2.75, 3.05) is 24.3 Å². The van der Waals surface area contributed by atoms with Crippen LogP contribution in [0.1, 0.15) is 43.7 Å². The number of amides is 3. The fourth-order valence-corrected chi connectivity index (χ4v) is 6.96. The summed E-state index contributed by atoms with van der Waals surface area (Å²) in [7, 11) is 0. The number of nitrogens with one attached hydrogen (secondary N) is 2. The van der Waals surface area contributed by atoms with Crippen LogP contribution in [0.3, 0.4) is 0 Å². The molecule has 2 aromatic carbocycles. The zero-order valence-corrected chi connectivity index (χ0v) is 28.3. The molecule has 1 fully saturated rings. The van der Waals surface area contributed by atoms with E-state index in [4.69, 9.17) is 14.3 Å². The van der Waals surface area contributed by atoms with E-state index in [1.54, 1.807) is 20.8 Å². The lowest BCUT2D eigenvalue weighted by Gasteiger charge is -2.49. The minimum Gasteiger partial charge on any atom is -0.457 e. The van der Waals surface area contributed by atoms with Gasteiger partial charge in [0.05, 0.1) is 6.61 Å². The van der Waals surface area contributed by atoms with Crippen molar-refractivity contribution in [1.82, 2.24) is 15.2 Å². The van der Waals surface area contributed by atoms with E-state index in [0.717, 1.165) is 11.3 Å². The number of ether oxygens (including phenoxy) is 2. The summed E-state index contributed by atoms with van der Waals surface area (Å²) >= 11 is 2.26. The molecule has 1 unspecified atom stereocenters. The summed E-state index contributed by atoms with van der Waals surface area (Å²) in [5.41, 5.74) is 0.509. The Hall–Kier alpha value is -5.06. The first kappa shape index (κ1) is 35.3. The Morgan fingerprint density at radius 1 is 1.10 bits per heavy atom. The number of aliphatic hydroxyl groups is 1. The van der Waals surface area contributed by atoms with Crippen LogP contribution in [0, 0.1) is 0 Å². The molecule has 16 heteroatoms. The van der Waals surface area contributed by atoms with Crippen LogP contribution in [-0.4, -0.2) is 86.8 Å². The Bertz CT molecular complexity index is 1730. The summed E-state index contributed by atoms with van der Waals surface area (Å²) in [6.07, 6.45) is -0.377. The topological polar surface area (TPSA) is 186 Å². The normalized spacial score (nSPS) is 17.5. The molecule has 0 saturated carbocycles. The molecule has 1 saturated heterocycles. The summed E-state index contributed by atoms with van der Waals surface area (Å²) in [4.78, 5) is 74.5. The molecule has 0 aliphatic carbocycles. The predicted molar refractivity (Wildman–Crippen MR) is 180 cm³/mol. The summed E-state index contributed by atoms with van der Waals surface area (Å²) < 4.78 is 11.2. The maximum absolute atomic E-state index is 13.8. The molecule has 256 valence electrons. The summed E-state index contributed by atoms with van der Waals surface area (Å²) in [5, 5.41) is 19.9. The number of anilines is 1. The van der Waals surface area contributed by atoms with Crippen molar-refractivity contribution >= 4 is 64.1 Å². The minimum absolute atomic E-state index is 0.00978. The molecule has 3 N–H and O–H groups in total. The molecule has 49 heavy (non-hydrogen) atoms. The number of rotatable bonds is 13. The molecule has 14 nitrogen and oxygen atoms in total. The Morgan fingerprint density at radius 3 is 2.35 bits per heavy atom. The van der Waals surface area contributed by atoms with Gasteiger partial charge in [0.25, 0.3) is 11.8 Å². The molecule has 2 atom stereocenters. The standard InChI is InChI=1S/C33H33N5O9S2/c1-33(2,3)47-23(41)15-45-37-24(22-17-49-32(35-22)34-18-40)28(42)36-25-29(43)38-26(21(14-39)16-48-30(25)38)31(44)46-27(19-10-6-4-7-11-19)20-12-8-5-9-13-20/h4-13,17-18,25,27,30,39H,14-16H2,1-3H3,(H,36,42)(H,34,35,40)/b37-24-/t25?,30-/m1/s1. The van der Waals surface area contributed by atoms with Gasteiger partial charge in [0.2, 0.25) is 13.0 Å². The van der Waals surface area contributed by atoms with Gasteiger partial charge in [0.1, 0.15) is 28.4 Å². The number of fused-ring (bicyclic) bond motifs is 1. The third kappa shape index (κ3) is 8.33. The Labute approximate surface area is 289 Å². The molecular formula is C33H33N5O9S2. The second kappa shape index (κ2) is 15.4. The summed E-state index contributed by atoms with van der Waals surface area (Å²) in [5.74, 6) is -2.82. The third-order valence-corrected chi connectivity index (χ3v) is 9.16. The molecule has 2 aliphatic rings. The third-order valence-electron chi connectivity index (χ3n) is 7.05. The van der Waals surface area contributed by atoms with Crippen LogP contribution in [0.5, 0.6) is 0 Å². The molecule has 2 aliphatic heterocycles. The maximum Gasteiger partial charge on any atom is 0.356 e. The number of nitrogens with zero attached hydrogens (tertiary/aromatic N) is 3. The maximum atomic E-state index is 13.8. The number of aromatic nitrogens is 1. The second-order valence-corrected chi connectivity index (χ2v) is 13.6. The molecule has 0 spiro atoms. The van der Waals surface area contributed by atoms with Crippen molar-refractivity contribution in [3.05, 3.63) is 94.1 Å². The number of benzene rings is 2. The van der Waals surface area contributed by atoms with E-state index in [2.05, 4.69) is 20.8 Å². The number of β-lactam (4-membered cyclic amide) rings is 1. The quantitative estimate of drug-likeness (QED) is 0.0780. The van der Waals surface area contributed by atoms with E-state index in [-0.39, 0.29) is 28.0 Å². The van der Waals surface area contributed by atoms with Gasteiger partial charge in [-0.25, -0.2) is 14.6 Å². The van der Waals surface area contributed by atoms with E-state index in [1.807, 2.05) is 60.7 Å². The zero-order valence-electron chi connectivity index (χ0n) is 26.7. The number of oxime groups is 1. The Morgan fingerprint density at radius 2 is 1.76 bits per heavy atom. The van der Waals surface area contributed by atoms with Gasteiger partial charge in [-0.1, -0.05) is 65.8 Å². The van der Waals surface area contributed by atoms with E-state index in [9.17, 15) is 29.1 Å². The summed E-state index contributed by atoms with van der Waals surface area (Å²) in [6, 6.07) is 17.2. The Kier molecular flexibility index (Phi) is 11.1. The summed E-state index contributed by atoms with van der Waals surface area (Å²) in [6.45, 7) is 3.95. The van der Waals surface area contributed by atoms with Crippen molar-refractivity contribution in [1.29, 1.82) is 0 Å². The molecular weight excluding hydrogens is 675 g/mol. The van der Waals surface area contributed by atoms with Crippen LogP contribution < -0.4 is 10.6 Å². The second-order valence-electron chi connectivity index (χ2n) is 11.7. The molecule has 0 bridgehead atoms. The largest absolute Gasteiger partial charge is 0.457 e. The van der Waals surface area contributed by atoms with E-state index in [1.165, 1.54) is 22.0 Å². The number of aliphatic hydroxyl groups excluding tert-OH is 1. The molecule has 1 aromatic heterocycles. The van der Waals surface area contributed by atoms with Gasteiger partial charge in [-0.15, -0.1) is 23.1 Å². The highest BCUT2D eigenvalue weighted by Crippen LogP contribution is 2.41. The van der Waals surface area contributed by atoms with Gasteiger partial charge in [0.15, 0.2) is 16.9 Å². The van der Waals surface area contributed by atoms with Gasteiger partial charge < -0.3 is 30.1 Å². The zero-order chi connectivity index (χ0) is 35.1. The van der Waals surface area contributed by atoms with Gasteiger partial charge in [-0.2, -0.15) is 0 Å². The lowest BCUT2D eigenvalue weighted by Crippen LogP contribution is -2.71. The fourth-order valence-electron chi connectivity index (χ4n) is 4.97. The highest BCUT2D eigenvalue weighted by molar-refractivity contribution is 8.00. The fraction of sp³-hybridized carbons (Fsp3) is 0.303. The van der Waals surface area contributed by atoms with Crippen LogP contribution in [-0.2, 0) is 38.3 Å². The number of thiazole rings is 1. The van der Waals surface area contributed by atoms with Crippen molar-refractivity contribution in [3.8, 4) is 0 Å². The van der Waals surface area contributed by atoms with Crippen LogP contribution in [0.4, 0.5) is 5.13 Å².